The molecule has 1 fully saturated rings. The Kier molecular flexibility index (Phi) is 9.99. The lowest BCUT2D eigenvalue weighted by atomic mass is 10.1. The summed E-state index contributed by atoms with van der Waals surface area (Å²) in [5, 5.41) is 3.00. The number of rotatable bonds is 12. The number of hydrogen-bond donors (Lipinski definition) is 1. The summed E-state index contributed by atoms with van der Waals surface area (Å²) >= 11 is 0. The number of amides is 2. The molecule has 1 N–H and O–H groups in total. The molecule has 1 unspecified atom stereocenters. The molecule has 0 aromatic heterocycles. The predicted molar refractivity (Wildman–Crippen MR) is 155 cm³/mol. The number of carbonyl (C=O) groups is 2. The van der Waals surface area contributed by atoms with Crippen LogP contribution in [0.2, 0.25) is 0 Å². The van der Waals surface area contributed by atoms with Crippen LogP contribution in [0.5, 0.6) is 5.75 Å². The van der Waals surface area contributed by atoms with Gasteiger partial charge in [0.05, 0.1) is 17.2 Å². The third-order valence-electron chi connectivity index (χ3n) is 7.21. The molecular formula is C31H36FN3O5S. The zero-order chi connectivity index (χ0) is 29.4. The Morgan fingerprint density at radius 2 is 1.61 bits per heavy atom. The van der Waals surface area contributed by atoms with Crippen LogP contribution in [0.3, 0.4) is 0 Å². The number of benzene rings is 3. The second kappa shape index (κ2) is 13.6. The minimum absolute atomic E-state index is 0.0229. The van der Waals surface area contributed by atoms with Crippen molar-refractivity contribution in [3.63, 3.8) is 0 Å². The van der Waals surface area contributed by atoms with Crippen molar-refractivity contribution in [2.24, 2.45) is 0 Å². The first-order chi connectivity index (χ1) is 19.7. The van der Waals surface area contributed by atoms with Gasteiger partial charge < -0.3 is 15.0 Å². The van der Waals surface area contributed by atoms with E-state index in [0.29, 0.717) is 12.4 Å². The van der Waals surface area contributed by atoms with E-state index in [-0.39, 0.29) is 34.6 Å². The predicted octanol–water partition coefficient (Wildman–Crippen LogP) is 4.90. The summed E-state index contributed by atoms with van der Waals surface area (Å²) in [6, 6.07) is 19.3. The van der Waals surface area contributed by atoms with Crippen LogP contribution in [0.4, 0.5) is 10.1 Å². The molecule has 3 aromatic carbocycles. The van der Waals surface area contributed by atoms with Gasteiger partial charge >= 0.3 is 0 Å². The molecule has 10 heteroatoms. The third kappa shape index (κ3) is 7.43. The first kappa shape index (κ1) is 30.0. The van der Waals surface area contributed by atoms with Crippen molar-refractivity contribution < 1.29 is 27.1 Å². The molecule has 3 aromatic rings. The van der Waals surface area contributed by atoms with Gasteiger partial charge in [-0.05, 0) is 69.2 Å². The Bertz CT molecular complexity index is 1430. The molecular weight excluding hydrogens is 545 g/mol. The lowest BCUT2D eigenvalue weighted by Crippen LogP contribution is -2.52. The summed E-state index contributed by atoms with van der Waals surface area (Å²) in [6.45, 7) is 3.05. The first-order valence-electron chi connectivity index (χ1n) is 13.8. The van der Waals surface area contributed by atoms with E-state index in [0.717, 1.165) is 30.0 Å². The monoisotopic (exact) mass is 581 g/mol. The van der Waals surface area contributed by atoms with E-state index in [4.69, 9.17) is 4.74 Å². The SMILES string of the molecule is CCOc1ccc(S(=O)(=O)N(CC(=O)N(Cc2ccccc2F)C(C)C(=O)NC2CCCC2)c2ccccc2)cc1. The molecule has 1 atom stereocenters. The topological polar surface area (TPSA) is 96.0 Å². The molecule has 218 valence electrons. The minimum atomic E-state index is -4.20. The number of nitrogens with one attached hydrogen (secondary N) is 1. The summed E-state index contributed by atoms with van der Waals surface area (Å²) in [7, 11) is -4.20. The second-order valence-electron chi connectivity index (χ2n) is 10.0. The zero-order valence-corrected chi connectivity index (χ0v) is 24.1. The Hall–Kier alpha value is -3.92. The van der Waals surface area contributed by atoms with E-state index in [1.807, 2.05) is 6.92 Å². The number of para-hydroxylation sites is 1. The standard InChI is InChI=1S/C31H36FN3O5S/c1-3-40-27-17-19-28(20-18-27)41(38,39)35(26-14-5-4-6-15-26)22-30(36)34(21-24-11-7-10-16-29(24)32)23(2)31(37)33-25-12-8-9-13-25/h4-7,10-11,14-20,23,25H,3,8-9,12-13,21-22H2,1-2H3,(H,33,37). The summed E-state index contributed by atoms with van der Waals surface area (Å²) in [4.78, 5) is 28.4. The molecule has 4 rings (SSSR count). The maximum atomic E-state index is 14.7. The number of ether oxygens (including phenoxy) is 1. The molecule has 0 bridgehead atoms. The molecule has 1 aliphatic rings. The van der Waals surface area contributed by atoms with Crippen LogP contribution >= 0.6 is 0 Å². The van der Waals surface area contributed by atoms with Crippen LogP contribution in [0.25, 0.3) is 0 Å². The van der Waals surface area contributed by atoms with Crippen LogP contribution in [0.1, 0.15) is 45.1 Å². The second-order valence-corrected chi connectivity index (χ2v) is 11.9. The molecule has 41 heavy (non-hydrogen) atoms. The Balaban J connectivity index is 1.66. The number of carbonyl (C=O) groups excluding carboxylic acids is 2. The van der Waals surface area contributed by atoms with E-state index in [1.54, 1.807) is 67.6 Å². The lowest BCUT2D eigenvalue weighted by Gasteiger charge is -2.32. The Morgan fingerprint density at radius 3 is 2.24 bits per heavy atom. The quantitative estimate of drug-likeness (QED) is 0.329. The highest BCUT2D eigenvalue weighted by atomic mass is 32.2. The van der Waals surface area contributed by atoms with E-state index in [1.165, 1.54) is 23.1 Å². The van der Waals surface area contributed by atoms with Gasteiger partial charge in [0, 0.05) is 18.2 Å². The van der Waals surface area contributed by atoms with Crippen molar-refractivity contribution in [3.8, 4) is 5.75 Å². The molecule has 0 spiro atoms. The van der Waals surface area contributed by atoms with E-state index in [9.17, 15) is 22.4 Å². The van der Waals surface area contributed by atoms with Crippen LogP contribution in [-0.4, -0.2) is 50.4 Å². The maximum absolute atomic E-state index is 14.7. The van der Waals surface area contributed by atoms with Gasteiger partial charge in [-0.15, -0.1) is 0 Å². The van der Waals surface area contributed by atoms with Gasteiger partial charge in [0.2, 0.25) is 11.8 Å². The van der Waals surface area contributed by atoms with Crippen LogP contribution in [-0.2, 0) is 26.2 Å². The van der Waals surface area contributed by atoms with Gasteiger partial charge in [-0.3, -0.25) is 13.9 Å². The van der Waals surface area contributed by atoms with Crippen molar-refractivity contribution in [2.45, 2.75) is 63.1 Å². The molecule has 0 aliphatic heterocycles. The van der Waals surface area contributed by atoms with Gasteiger partial charge in [0.15, 0.2) is 0 Å². The van der Waals surface area contributed by atoms with E-state index < -0.39 is 34.3 Å². The average molecular weight is 582 g/mol. The van der Waals surface area contributed by atoms with Gasteiger partial charge in [-0.2, -0.15) is 0 Å². The fraction of sp³-hybridized carbons (Fsp3) is 0.355. The maximum Gasteiger partial charge on any atom is 0.264 e. The molecule has 0 radical (unpaired) electrons. The zero-order valence-electron chi connectivity index (χ0n) is 23.3. The number of sulfonamides is 1. The number of nitrogens with zero attached hydrogens (tertiary/aromatic N) is 2. The van der Waals surface area contributed by atoms with Crippen LogP contribution in [0, 0.1) is 5.82 Å². The van der Waals surface area contributed by atoms with Crippen LogP contribution in [0.15, 0.2) is 83.8 Å². The van der Waals surface area contributed by atoms with Crippen molar-refractivity contribution in [2.75, 3.05) is 17.5 Å². The van der Waals surface area contributed by atoms with Crippen LogP contribution < -0.4 is 14.4 Å². The fourth-order valence-corrected chi connectivity index (χ4v) is 6.32. The van der Waals surface area contributed by atoms with Gasteiger partial charge in [0.1, 0.15) is 24.2 Å². The smallest absolute Gasteiger partial charge is 0.264 e. The van der Waals surface area contributed by atoms with Crippen molar-refractivity contribution in [3.05, 3.63) is 90.2 Å². The third-order valence-corrected chi connectivity index (χ3v) is 9.00. The Labute approximate surface area is 241 Å². The molecule has 0 saturated heterocycles. The summed E-state index contributed by atoms with van der Waals surface area (Å²) in [5.41, 5.74) is 0.505. The average Bonchev–Trinajstić information content (AvgIpc) is 3.49. The summed E-state index contributed by atoms with van der Waals surface area (Å²) in [6.07, 6.45) is 3.77. The fourth-order valence-electron chi connectivity index (χ4n) is 4.91. The van der Waals surface area contributed by atoms with Gasteiger partial charge in [-0.25, -0.2) is 12.8 Å². The largest absolute Gasteiger partial charge is 0.494 e. The summed E-state index contributed by atoms with van der Waals surface area (Å²) in [5.74, 6) is -0.995. The lowest BCUT2D eigenvalue weighted by molar-refractivity contribution is -0.139. The highest BCUT2D eigenvalue weighted by Gasteiger charge is 2.33. The molecule has 1 aliphatic carbocycles. The van der Waals surface area contributed by atoms with Gasteiger partial charge in [-0.1, -0.05) is 49.2 Å². The number of hydrogen-bond acceptors (Lipinski definition) is 5. The Morgan fingerprint density at radius 1 is 0.976 bits per heavy atom. The molecule has 0 heterocycles. The number of anilines is 1. The van der Waals surface area contributed by atoms with Crippen molar-refractivity contribution in [1.82, 2.24) is 10.2 Å². The molecule has 8 nitrogen and oxygen atoms in total. The van der Waals surface area contributed by atoms with E-state index in [2.05, 4.69) is 5.32 Å². The minimum Gasteiger partial charge on any atom is -0.494 e. The van der Waals surface area contributed by atoms with Crippen molar-refractivity contribution >= 4 is 27.5 Å². The molecule has 2 amide bonds. The number of halogens is 1. The first-order valence-corrected chi connectivity index (χ1v) is 15.3. The highest BCUT2D eigenvalue weighted by molar-refractivity contribution is 7.92. The highest BCUT2D eigenvalue weighted by Crippen LogP contribution is 2.26. The van der Waals surface area contributed by atoms with Crippen molar-refractivity contribution in [1.29, 1.82) is 0 Å². The summed E-state index contributed by atoms with van der Waals surface area (Å²) < 4.78 is 48.9. The normalized spacial score (nSPS) is 14.3. The van der Waals surface area contributed by atoms with E-state index >= 15 is 0 Å². The van der Waals surface area contributed by atoms with Gasteiger partial charge in [0.25, 0.3) is 10.0 Å². The molecule has 1 saturated carbocycles.